The van der Waals surface area contributed by atoms with Crippen molar-refractivity contribution < 1.29 is 17.9 Å². The molecule has 2 saturated heterocycles. The number of aryl methyl sites for hydroxylation is 2. The molecule has 3 aliphatic heterocycles. The largest absolute Gasteiger partial charge is 0.497 e. The maximum atomic E-state index is 14.3. The third-order valence-corrected chi connectivity index (χ3v) is 13.1. The van der Waals surface area contributed by atoms with Crippen LogP contribution < -0.4 is 19.1 Å². The van der Waals surface area contributed by atoms with E-state index in [0.29, 0.717) is 52.1 Å². The van der Waals surface area contributed by atoms with Crippen molar-refractivity contribution in [3.05, 3.63) is 107 Å². The SMILES string of the molecule is COc1cc(C)c(S(=O)(=O)N2c3ccccc3C[C@H]2COc2ccnc(CNCCN3CCC(c4ccccc4)(N4CCCC4)CC3)n2)c(C)c1. The molecule has 2 fully saturated rings. The van der Waals surface area contributed by atoms with E-state index in [1.165, 1.54) is 35.8 Å². The molecule has 0 saturated carbocycles. The third-order valence-electron chi connectivity index (χ3n) is 10.9. The van der Waals surface area contributed by atoms with E-state index in [1.54, 1.807) is 31.5 Å². The van der Waals surface area contributed by atoms with Crippen molar-refractivity contribution in [2.45, 2.75) is 69.0 Å². The van der Waals surface area contributed by atoms with Gasteiger partial charge in [-0.05, 0) is 99.5 Å². The Kier molecular flexibility index (Phi) is 10.6. The molecule has 1 aromatic heterocycles. The lowest BCUT2D eigenvalue weighted by atomic mass is 9.79. The Morgan fingerprint density at radius 2 is 1.63 bits per heavy atom. The van der Waals surface area contributed by atoms with Crippen LogP contribution in [-0.4, -0.2) is 87.2 Å². The lowest BCUT2D eigenvalue weighted by molar-refractivity contribution is 0.0345. The summed E-state index contributed by atoms with van der Waals surface area (Å²) < 4.78 is 41.8. The molecule has 3 aromatic carbocycles. The van der Waals surface area contributed by atoms with Gasteiger partial charge in [-0.1, -0.05) is 48.5 Å². The van der Waals surface area contributed by atoms with Gasteiger partial charge in [-0.2, -0.15) is 4.98 Å². The van der Waals surface area contributed by atoms with Crippen LogP contribution in [0.4, 0.5) is 5.69 Å². The molecule has 0 amide bonds. The molecule has 0 radical (unpaired) electrons. The molecule has 0 unspecified atom stereocenters. The average Bonchev–Trinajstić information content (AvgIpc) is 3.82. The number of hydrogen-bond acceptors (Lipinski definition) is 9. The van der Waals surface area contributed by atoms with Crippen LogP contribution >= 0.6 is 0 Å². The van der Waals surface area contributed by atoms with Crippen molar-refractivity contribution in [1.82, 2.24) is 25.1 Å². The molecule has 7 rings (SSSR count). The summed E-state index contributed by atoms with van der Waals surface area (Å²) in [6.07, 6.45) is 7.16. The van der Waals surface area contributed by atoms with Gasteiger partial charge in [-0.15, -0.1) is 0 Å². The minimum absolute atomic E-state index is 0.156. The van der Waals surface area contributed by atoms with Gasteiger partial charge in [0.1, 0.15) is 18.2 Å². The number of benzene rings is 3. The number of sulfonamides is 1. The van der Waals surface area contributed by atoms with Gasteiger partial charge in [-0.3, -0.25) is 9.21 Å². The van der Waals surface area contributed by atoms with Crippen LogP contribution in [0.25, 0.3) is 0 Å². The number of anilines is 1. The van der Waals surface area contributed by atoms with E-state index in [9.17, 15) is 8.42 Å². The molecule has 0 bridgehead atoms. The van der Waals surface area contributed by atoms with Gasteiger partial charge in [0.25, 0.3) is 10.0 Å². The fraction of sp³-hybridized carbons (Fsp3) is 0.450. The van der Waals surface area contributed by atoms with Crippen molar-refractivity contribution in [2.75, 3.05) is 57.3 Å². The van der Waals surface area contributed by atoms with Gasteiger partial charge in [0.15, 0.2) is 0 Å². The number of ether oxygens (including phenoxy) is 2. The first-order valence-electron chi connectivity index (χ1n) is 18.2. The van der Waals surface area contributed by atoms with Gasteiger partial charge in [0, 0.05) is 44.0 Å². The Labute approximate surface area is 302 Å². The number of likely N-dealkylation sites (tertiary alicyclic amines) is 2. The van der Waals surface area contributed by atoms with E-state index in [-0.39, 0.29) is 12.1 Å². The molecular weight excluding hydrogens is 661 g/mol. The average molecular weight is 711 g/mol. The minimum atomic E-state index is -3.90. The Bertz CT molecular complexity index is 1890. The molecule has 4 aromatic rings. The molecule has 270 valence electrons. The Balaban J connectivity index is 0.946. The molecule has 11 heteroatoms. The van der Waals surface area contributed by atoms with Crippen LogP contribution in [0.3, 0.4) is 0 Å². The van der Waals surface area contributed by atoms with E-state index in [0.717, 1.165) is 44.6 Å². The fourth-order valence-corrected chi connectivity index (χ4v) is 10.5. The maximum absolute atomic E-state index is 14.3. The van der Waals surface area contributed by atoms with Crippen molar-refractivity contribution in [3.63, 3.8) is 0 Å². The quantitative estimate of drug-likeness (QED) is 0.181. The van der Waals surface area contributed by atoms with Crippen molar-refractivity contribution in [1.29, 1.82) is 0 Å². The third kappa shape index (κ3) is 7.35. The topological polar surface area (TPSA) is 100 Å². The van der Waals surface area contributed by atoms with Crippen LogP contribution in [-0.2, 0) is 28.5 Å². The predicted octanol–water partition coefficient (Wildman–Crippen LogP) is 5.48. The van der Waals surface area contributed by atoms with Gasteiger partial charge >= 0.3 is 0 Å². The van der Waals surface area contributed by atoms with Crippen LogP contribution in [0.1, 0.15) is 53.8 Å². The molecule has 1 N–H and O–H groups in total. The van der Waals surface area contributed by atoms with Crippen LogP contribution in [0.5, 0.6) is 11.6 Å². The van der Waals surface area contributed by atoms with Gasteiger partial charge < -0.3 is 19.7 Å². The number of methoxy groups -OCH3 is 1. The summed E-state index contributed by atoms with van der Waals surface area (Å²) >= 11 is 0. The van der Waals surface area contributed by atoms with Crippen molar-refractivity contribution in [2.24, 2.45) is 0 Å². The highest BCUT2D eigenvalue weighted by atomic mass is 32.2. The minimum Gasteiger partial charge on any atom is -0.497 e. The van der Waals surface area contributed by atoms with E-state index in [1.807, 2.05) is 38.1 Å². The fourth-order valence-electron chi connectivity index (χ4n) is 8.41. The zero-order chi connectivity index (χ0) is 35.4. The highest BCUT2D eigenvalue weighted by Gasteiger charge is 2.42. The van der Waals surface area contributed by atoms with Crippen LogP contribution in [0.2, 0.25) is 0 Å². The summed E-state index contributed by atoms with van der Waals surface area (Å²) in [6, 6.07) is 23.6. The van der Waals surface area contributed by atoms with E-state index >= 15 is 0 Å². The monoisotopic (exact) mass is 710 g/mol. The Morgan fingerprint density at radius 3 is 2.35 bits per heavy atom. The first kappa shape index (κ1) is 35.4. The van der Waals surface area contributed by atoms with Gasteiger partial charge in [0.2, 0.25) is 5.88 Å². The highest BCUT2D eigenvalue weighted by molar-refractivity contribution is 7.93. The number of para-hydroxylation sites is 1. The Morgan fingerprint density at radius 1 is 0.922 bits per heavy atom. The molecule has 1 atom stereocenters. The number of fused-ring (bicyclic) bond motifs is 1. The highest BCUT2D eigenvalue weighted by Crippen LogP contribution is 2.41. The summed E-state index contributed by atoms with van der Waals surface area (Å²) in [5.74, 6) is 1.71. The second-order valence-electron chi connectivity index (χ2n) is 14.1. The van der Waals surface area contributed by atoms with Gasteiger partial charge in [-0.25, -0.2) is 13.4 Å². The number of aromatic nitrogens is 2. The molecular formula is C40H50N6O4S. The number of piperidine rings is 1. The van der Waals surface area contributed by atoms with Crippen molar-refractivity contribution >= 4 is 15.7 Å². The van der Waals surface area contributed by atoms with Crippen molar-refractivity contribution in [3.8, 4) is 11.6 Å². The maximum Gasteiger partial charge on any atom is 0.265 e. The molecule has 10 nitrogen and oxygen atoms in total. The Hall–Kier alpha value is -4.03. The summed E-state index contributed by atoms with van der Waals surface area (Å²) in [5.41, 5.74) is 4.58. The first-order chi connectivity index (χ1) is 24.8. The molecule has 3 aliphatic rings. The number of hydrogen-bond donors (Lipinski definition) is 1. The van der Waals surface area contributed by atoms with Crippen LogP contribution in [0.15, 0.2) is 83.9 Å². The summed E-state index contributed by atoms with van der Waals surface area (Å²) in [4.78, 5) is 14.7. The smallest absolute Gasteiger partial charge is 0.265 e. The van der Waals surface area contributed by atoms with Crippen LogP contribution in [0, 0.1) is 13.8 Å². The zero-order valence-electron chi connectivity index (χ0n) is 30.1. The lowest BCUT2D eigenvalue weighted by Gasteiger charge is -2.48. The normalized spacial score (nSPS) is 19.3. The second kappa shape index (κ2) is 15.3. The predicted molar refractivity (Wildman–Crippen MR) is 200 cm³/mol. The van der Waals surface area contributed by atoms with E-state index in [2.05, 4.69) is 55.4 Å². The van der Waals surface area contributed by atoms with Gasteiger partial charge in [0.05, 0.1) is 30.3 Å². The summed E-state index contributed by atoms with van der Waals surface area (Å²) in [6.45, 7) is 10.7. The van der Waals surface area contributed by atoms with E-state index in [4.69, 9.17) is 9.47 Å². The number of nitrogens with one attached hydrogen (secondary N) is 1. The molecule has 4 heterocycles. The number of nitrogens with zero attached hydrogens (tertiary/aromatic N) is 5. The standard InChI is InChI=1S/C40H50N6O4S/c1-30-25-35(49-3)26-31(2)39(30)51(47,48)46-34(27-32-11-7-8-14-36(32)46)29-50-38-15-18-42-37(43-38)28-41-19-24-44-22-16-40(17-23-44,45-20-9-10-21-45)33-12-5-4-6-13-33/h4-8,11-15,18,25-26,34,41H,9-10,16-17,19-24,27-29H2,1-3H3/t34-/m0/s1. The molecule has 51 heavy (non-hydrogen) atoms. The summed E-state index contributed by atoms with van der Waals surface area (Å²) in [5, 5.41) is 3.53. The molecule has 0 aliphatic carbocycles. The number of rotatable bonds is 13. The first-order valence-corrected chi connectivity index (χ1v) is 19.7. The van der Waals surface area contributed by atoms with E-state index < -0.39 is 16.1 Å². The summed E-state index contributed by atoms with van der Waals surface area (Å²) in [7, 11) is -2.32. The molecule has 0 spiro atoms. The zero-order valence-corrected chi connectivity index (χ0v) is 30.9. The lowest BCUT2D eigenvalue weighted by Crippen LogP contribution is -2.53. The second-order valence-corrected chi connectivity index (χ2v) is 15.9.